The third kappa shape index (κ3) is 7.20. The third-order valence-electron chi connectivity index (χ3n) is 12.0. The number of pyridine rings is 1. The Bertz CT molecular complexity index is 3300. The van der Waals surface area contributed by atoms with Crippen LogP contribution in [0.15, 0.2) is 228 Å². The van der Waals surface area contributed by atoms with Gasteiger partial charge in [0, 0.05) is 27.0 Å². The third-order valence-corrected chi connectivity index (χ3v) is 13.3. The topological polar surface area (TPSA) is 94.5 Å². The second-order valence-electron chi connectivity index (χ2n) is 15.7. The quantitative estimate of drug-likeness (QED) is 0.117. The molecule has 65 heavy (non-hydrogen) atoms. The molecule has 0 amide bonds. The van der Waals surface area contributed by atoms with Gasteiger partial charge in [-0.2, -0.15) is 10.2 Å². The summed E-state index contributed by atoms with van der Waals surface area (Å²) in [6.07, 6.45) is 0. The van der Waals surface area contributed by atoms with Crippen LogP contribution < -0.4 is 11.3 Å². The molecule has 7 nitrogen and oxygen atoms in total. The average molecular weight is 951 g/mol. The summed E-state index contributed by atoms with van der Waals surface area (Å²) in [5, 5.41) is 13.2. The first-order valence-corrected chi connectivity index (χ1v) is 22.5. The van der Waals surface area contributed by atoms with E-state index in [4.69, 9.17) is 39.1 Å². The van der Waals surface area contributed by atoms with Gasteiger partial charge in [0.15, 0.2) is 10.3 Å². The van der Waals surface area contributed by atoms with Gasteiger partial charge in [0.1, 0.15) is 11.1 Å². The van der Waals surface area contributed by atoms with Gasteiger partial charge in [-0.1, -0.05) is 205 Å². The predicted molar refractivity (Wildman–Crippen MR) is 269 cm³/mol. The van der Waals surface area contributed by atoms with Crippen molar-refractivity contribution in [2.75, 3.05) is 5.73 Å². The molecule has 0 fully saturated rings. The van der Waals surface area contributed by atoms with E-state index >= 15 is 0 Å². The zero-order valence-electron chi connectivity index (χ0n) is 34.7. The van der Waals surface area contributed by atoms with Crippen LogP contribution in [0.2, 0.25) is 10.3 Å². The van der Waals surface area contributed by atoms with Crippen molar-refractivity contribution >= 4 is 77.5 Å². The number of fused-ring (bicyclic) bond motifs is 3. The lowest BCUT2D eigenvalue weighted by molar-refractivity contribution is 0.476. The molecule has 0 saturated carbocycles. The number of aromatic amines is 1. The van der Waals surface area contributed by atoms with Crippen LogP contribution in [0.25, 0.3) is 32.7 Å². The van der Waals surface area contributed by atoms with Gasteiger partial charge in [-0.25, -0.2) is 9.36 Å². The van der Waals surface area contributed by atoms with Crippen LogP contribution in [0.5, 0.6) is 0 Å². The number of benzene rings is 8. The largest absolute Gasteiger partial charge is 0.398 e. The molecule has 3 aromatic heterocycles. The molecule has 0 saturated heterocycles. The lowest BCUT2D eigenvalue weighted by atomic mass is 9.77. The zero-order chi connectivity index (χ0) is 44.5. The van der Waals surface area contributed by atoms with Crippen molar-refractivity contribution in [3.63, 3.8) is 0 Å². The van der Waals surface area contributed by atoms with Crippen LogP contribution in [0.1, 0.15) is 33.4 Å². The van der Waals surface area contributed by atoms with Crippen molar-refractivity contribution in [1.29, 1.82) is 0 Å². The van der Waals surface area contributed by atoms with Crippen molar-refractivity contribution in [1.82, 2.24) is 24.5 Å². The lowest BCUT2D eigenvalue weighted by Crippen LogP contribution is -2.38. The molecule has 0 atom stereocenters. The number of nitrogen functional groups attached to an aromatic ring is 1. The maximum absolute atomic E-state index is 12.1. The summed E-state index contributed by atoms with van der Waals surface area (Å²) in [5.41, 5.74) is 14.1. The Balaban J connectivity index is 0.000000154. The highest BCUT2D eigenvalue weighted by Gasteiger charge is 2.42. The van der Waals surface area contributed by atoms with Gasteiger partial charge >= 0.3 is 0 Å². The van der Waals surface area contributed by atoms with E-state index in [1.165, 1.54) is 6.07 Å². The van der Waals surface area contributed by atoms with Gasteiger partial charge in [-0.3, -0.25) is 4.79 Å². The van der Waals surface area contributed by atoms with E-state index in [2.05, 4.69) is 93.7 Å². The van der Waals surface area contributed by atoms with E-state index in [0.29, 0.717) is 16.0 Å². The summed E-state index contributed by atoms with van der Waals surface area (Å²) in [6, 6.07) is 73.2. The Labute approximate surface area is 393 Å². The number of hydrogen-bond acceptors (Lipinski definition) is 4. The van der Waals surface area contributed by atoms with Gasteiger partial charge in [-0.15, -0.1) is 0 Å². The van der Waals surface area contributed by atoms with Crippen LogP contribution in [0.4, 0.5) is 5.69 Å². The van der Waals surface area contributed by atoms with E-state index in [9.17, 15) is 4.79 Å². The minimum atomic E-state index is -0.794. The van der Waals surface area contributed by atoms with Crippen LogP contribution in [-0.4, -0.2) is 24.5 Å². The number of nitrogens with one attached hydrogen (secondary N) is 1. The van der Waals surface area contributed by atoms with Crippen molar-refractivity contribution < 1.29 is 0 Å². The van der Waals surface area contributed by atoms with Crippen molar-refractivity contribution in [3.8, 4) is 0 Å². The minimum Gasteiger partial charge on any atom is -0.398 e. The van der Waals surface area contributed by atoms with E-state index in [0.717, 1.165) is 70.6 Å². The first-order chi connectivity index (χ1) is 31.8. The Morgan fingerprint density at radius 1 is 0.462 bits per heavy atom. The molecule has 3 N–H and O–H groups in total. The van der Waals surface area contributed by atoms with Gasteiger partial charge in [0.2, 0.25) is 5.56 Å². The number of hydrogen-bond donors (Lipinski definition) is 2. The van der Waals surface area contributed by atoms with E-state index in [-0.39, 0.29) is 5.56 Å². The fourth-order valence-electron chi connectivity index (χ4n) is 9.16. The monoisotopic (exact) mass is 948 g/mol. The standard InChI is InChI=1S/C29H20ClN3O.C26H19BrClN3/c30-28-24-18-20-16-17-27(34)31-25(20)19-26(24)33(32-28)29(21-10-4-1-5-11-21,22-12-6-2-7-13-22)23-14-8-3-9-15-23;27-22-16-21-24(17-23(22)29)31(30-25(21)28)26(18-10-4-1-5-11-18,19-12-6-2-7-13-19)20-14-8-3-9-15-20/h1-19H,(H,31,34);1-17H,29H2. The molecule has 316 valence electrons. The molecule has 0 spiro atoms. The summed E-state index contributed by atoms with van der Waals surface area (Å²) >= 11 is 17.0. The second kappa shape index (κ2) is 17.4. The number of H-pyrrole nitrogens is 1. The molecule has 0 aliphatic carbocycles. The Kier molecular flexibility index (Phi) is 11.2. The molecule has 0 aliphatic rings. The highest BCUT2D eigenvalue weighted by molar-refractivity contribution is 9.10. The average Bonchev–Trinajstić information content (AvgIpc) is 3.85. The highest BCUT2D eigenvalue weighted by atomic mass is 79.9. The summed E-state index contributed by atoms with van der Waals surface area (Å²) in [7, 11) is 0. The van der Waals surface area contributed by atoms with Crippen LogP contribution in [0, 0.1) is 0 Å². The number of nitrogens with two attached hydrogens (primary N) is 1. The van der Waals surface area contributed by atoms with Gasteiger partial charge < -0.3 is 10.7 Å². The highest BCUT2D eigenvalue weighted by Crippen LogP contribution is 2.46. The predicted octanol–water partition coefficient (Wildman–Crippen LogP) is 13.2. The molecule has 8 aromatic carbocycles. The molecule has 0 radical (unpaired) electrons. The number of aromatic nitrogens is 5. The van der Waals surface area contributed by atoms with Crippen molar-refractivity contribution in [3.05, 3.63) is 277 Å². The Hall–Kier alpha value is -7.23. The summed E-state index contributed by atoms with van der Waals surface area (Å²) in [5.74, 6) is 0. The fraction of sp³-hybridized carbons (Fsp3) is 0.0364. The molecule has 10 heteroatoms. The minimum absolute atomic E-state index is 0.149. The first kappa shape index (κ1) is 41.8. The molecular formula is C55H39BrCl2N6O. The van der Waals surface area contributed by atoms with Crippen LogP contribution in [0.3, 0.4) is 0 Å². The Morgan fingerprint density at radius 2 is 0.800 bits per heavy atom. The number of halogens is 3. The normalized spacial score (nSPS) is 11.7. The van der Waals surface area contributed by atoms with E-state index < -0.39 is 11.1 Å². The number of anilines is 1. The van der Waals surface area contributed by atoms with Crippen LogP contribution in [-0.2, 0) is 11.1 Å². The molecule has 0 unspecified atom stereocenters. The van der Waals surface area contributed by atoms with E-state index in [1.807, 2.05) is 143 Å². The first-order valence-electron chi connectivity index (χ1n) is 21.0. The number of nitrogens with zero attached hydrogens (tertiary/aromatic N) is 4. The van der Waals surface area contributed by atoms with Gasteiger partial charge in [0.25, 0.3) is 0 Å². The molecule has 3 heterocycles. The zero-order valence-corrected chi connectivity index (χ0v) is 37.8. The summed E-state index contributed by atoms with van der Waals surface area (Å²) < 4.78 is 4.80. The lowest BCUT2D eigenvalue weighted by Gasteiger charge is -2.37. The molecule has 0 bridgehead atoms. The summed E-state index contributed by atoms with van der Waals surface area (Å²) in [6.45, 7) is 0. The van der Waals surface area contributed by atoms with E-state index in [1.54, 1.807) is 6.07 Å². The fourth-order valence-corrected chi connectivity index (χ4v) is 9.96. The van der Waals surface area contributed by atoms with Gasteiger partial charge in [0.05, 0.1) is 16.6 Å². The molecule has 0 aliphatic heterocycles. The second-order valence-corrected chi connectivity index (χ2v) is 17.3. The van der Waals surface area contributed by atoms with Crippen molar-refractivity contribution in [2.45, 2.75) is 11.1 Å². The van der Waals surface area contributed by atoms with Crippen LogP contribution >= 0.6 is 39.1 Å². The number of rotatable bonds is 8. The molecule has 11 rings (SSSR count). The van der Waals surface area contributed by atoms with Crippen molar-refractivity contribution in [2.24, 2.45) is 0 Å². The maximum atomic E-state index is 12.1. The smallest absolute Gasteiger partial charge is 0.248 e. The SMILES string of the molecule is Nc1cc2c(cc1Br)c(Cl)nn2C(c1ccccc1)(c1ccccc1)c1ccccc1.O=c1ccc2cc3c(Cl)nn(C(c4ccccc4)(c4ccccc4)c4ccccc4)c3cc2[nH]1. The van der Waals surface area contributed by atoms with Gasteiger partial charge in [-0.05, 0) is 85.0 Å². The summed E-state index contributed by atoms with van der Waals surface area (Å²) in [4.78, 5) is 15.0. The molecular weight excluding hydrogens is 911 g/mol. The Morgan fingerprint density at radius 3 is 1.17 bits per heavy atom. The molecule has 11 aromatic rings. The maximum Gasteiger partial charge on any atom is 0.248 e.